The first-order valence-corrected chi connectivity index (χ1v) is 8.77. The van der Waals surface area contributed by atoms with Gasteiger partial charge in [-0.05, 0) is 51.8 Å². The standard InChI is InChI=1S/C21H15BrN2O/c22-21-8-4-7-18(24-21)16-9-10-19-17(13-16)20(11-12-23-19)25-14-15-5-2-1-3-6-15/h1-13H,14H2. The Morgan fingerprint density at radius 3 is 2.60 bits per heavy atom. The van der Waals surface area contributed by atoms with Crippen molar-refractivity contribution in [3.63, 3.8) is 0 Å². The van der Waals surface area contributed by atoms with Crippen LogP contribution in [0.4, 0.5) is 0 Å². The highest BCUT2D eigenvalue weighted by molar-refractivity contribution is 9.10. The fourth-order valence-corrected chi connectivity index (χ4v) is 3.05. The van der Waals surface area contributed by atoms with Gasteiger partial charge in [0.05, 0.1) is 11.2 Å². The predicted molar refractivity (Wildman–Crippen MR) is 103 cm³/mol. The van der Waals surface area contributed by atoms with E-state index in [1.54, 1.807) is 6.20 Å². The molecule has 0 amide bonds. The number of benzene rings is 2. The van der Waals surface area contributed by atoms with Gasteiger partial charge in [-0.25, -0.2) is 4.98 Å². The lowest BCUT2D eigenvalue weighted by molar-refractivity contribution is 0.310. The summed E-state index contributed by atoms with van der Waals surface area (Å²) >= 11 is 3.43. The minimum absolute atomic E-state index is 0.527. The molecule has 0 spiro atoms. The average molecular weight is 391 g/mol. The molecule has 4 aromatic rings. The molecular weight excluding hydrogens is 376 g/mol. The van der Waals surface area contributed by atoms with E-state index in [0.717, 1.165) is 38.1 Å². The van der Waals surface area contributed by atoms with Gasteiger partial charge in [0.1, 0.15) is 17.0 Å². The van der Waals surface area contributed by atoms with Gasteiger partial charge < -0.3 is 4.74 Å². The zero-order chi connectivity index (χ0) is 17.1. The number of hydrogen-bond acceptors (Lipinski definition) is 3. The highest BCUT2D eigenvalue weighted by Crippen LogP contribution is 2.29. The van der Waals surface area contributed by atoms with Crippen LogP contribution in [0.15, 0.2) is 83.6 Å². The van der Waals surface area contributed by atoms with Crippen LogP contribution in [-0.2, 0) is 6.61 Å². The molecule has 0 aliphatic rings. The number of fused-ring (bicyclic) bond motifs is 1. The van der Waals surface area contributed by atoms with Crippen molar-refractivity contribution >= 4 is 26.8 Å². The van der Waals surface area contributed by atoms with Crippen molar-refractivity contribution in [3.05, 3.63) is 89.2 Å². The molecule has 4 heteroatoms. The topological polar surface area (TPSA) is 35.0 Å². The normalized spacial score (nSPS) is 10.8. The number of ether oxygens (including phenoxy) is 1. The smallest absolute Gasteiger partial charge is 0.130 e. The van der Waals surface area contributed by atoms with Crippen LogP contribution >= 0.6 is 15.9 Å². The van der Waals surface area contributed by atoms with Crippen LogP contribution in [0.3, 0.4) is 0 Å². The van der Waals surface area contributed by atoms with Crippen molar-refractivity contribution in [3.8, 4) is 17.0 Å². The molecule has 0 bridgehead atoms. The van der Waals surface area contributed by atoms with Crippen molar-refractivity contribution in [2.24, 2.45) is 0 Å². The monoisotopic (exact) mass is 390 g/mol. The van der Waals surface area contributed by atoms with Crippen LogP contribution in [0, 0.1) is 0 Å². The Bertz CT molecular complexity index is 1020. The summed E-state index contributed by atoms with van der Waals surface area (Å²) in [6.45, 7) is 0.527. The lowest BCUT2D eigenvalue weighted by atomic mass is 10.1. The average Bonchev–Trinajstić information content (AvgIpc) is 2.67. The van der Waals surface area contributed by atoms with Crippen molar-refractivity contribution in [1.82, 2.24) is 9.97 Å². The van der Waals surface area contributed by atoms with Crippen molar-refractivity contribution in [1.29, 1.82) is 0 Å². The molecular formula is C21H15BrN2O. The lowest BCUT2D eigenvalue weighted by Crippen LogP contribution is -1.96. The van der Waals surface area contributed by atoms with E-state index < -0.39 is 0 Å². The fraction of sp³-hybridized carbons (Fsp3) is 0.0476. The Morgan fingerprint density at radius 2 is 1.76 bits per heavy atom. The molecule has 3 nitrogen and oxygen atoms in total. The lowest BCUT2D eigenvalue weighted by Gasteiger charge is -2.10. The fourth-order valence-electron chi connectivity index (χ4n) is 2.71. The molecule has 4 rings (SSSR count). The van der Waals surface area contributed by atoms with Crippen LogP contribution in [0.25, 0.3) is 22.2 Å². The minimum atomic E-state index is 0.527. The van der Waals surface area contributed by atoms with Crippen molar-refractivity contribution in [2.75, 3.05) is 0 Å². The maximum Gasteiger partial charge on any atom is 0.130 e. The van der Waals surface area contributed by atoms with Crippen molar-refractivity contribution < 1.29 is 4.74 Å². The molecule has 2 aromatic heterocycles. The first-order chi connectivity index (χ1) is 12.3. The van der Waals surface area contributed by atoms with E-state index in [1.165, 1.54) is 0 Å². The zero-order valence-electron chi connectivity index (χ0n) is 13.4. The first-order valence-electron chi connectivity index (χ1n) is 7.98. The molecule has 0 radical (unpaired) electrons. The molecule has 0 N–H and O–H groups in total. The maximum atomic E-state index is 6.05. The van der Waals surface area contributed by atoms with E-state index in [1.807, 2.05) is 54.6 Å². The van der Waals surface area contributed by atoms with Gasteiger partial charge in [-0.2, -0.15) is 0 Å². The quantitative estimate of drug-likeness (QED) is 0.423. The van der Waals surface area contributed by atoms with Gasteiger partial charge in [0, 0.05) is 17.1 Å². The third-order valence-corrected chi connectivity index (χ3v) is 4.39. The van der Waals surface area contributed by atoms with Crippen LogP contribution in [0.5, 0.6) is 5.75 Å². The molecule has 0 atom stereocenters. The summed E-state index contributed by atoms with van der Waals surface area (Å²) in [4.78, 5) is 8.97. The van der Waals surface area contributed by atoms with Gasteiger partial charge in [0.15, 0.2) is 0 Å². The molecule has 0 aliphatic heterocycles. The van der Waals surface area contributed by atoms with E-state index in [9.17, 15) is 0 Å². The number of nitrogens with zero attached hydrogens (tertiary/aromatic N) is 2. The van der Waals surface area contributed by atoms with Crippen LogP contribution in [0.1, 0.15) is 5.56 Å². The Kier molecular flexibility index (Phi) is 4.44. The summed E-state index contributed by atoms with van der Waals surface area (Å²) in [5.74, 6) is 0.825. The van der Waals surface area contributed by atoms with Crippen LogP contribution in [-0.4, -0.2) is 9.97 Å². The summed E-state index contributed by atoms with van der Waals surface area (Å²) in [5, 5.41) is 0.984. The molecule has 0 unspecified atom stereocenters. The molecule has 122 valence electrons. The van der Waals surface area contributed by atoms with Crippen LogP contribution in [0.2, 0.25) is 0 Å². The number of rotatable bonds is 4. The zero-order valence-corrected chi connectivity index (χ0v) is 15.0. The van der Waals surface area contributed by atoms with Gasteiger partial charge >= 0.3 is 0 Å². The van der Waals surface area contributed by atoms with Gasteiger partial charge in [0.2, 0.25) is 0 Å². The third kappa shape index (κ3) is 3.54. The molecule has 2 heterocycles. The second-order valence-corrected chi connectivity index (χ2v) is 6.47. The number of hydrogen-bond donors (Lipinski definition) is 0. The summed E-state index contributed by atoms with van der Waals surface area (Å²) in [5.41, 5.74) is 3.99. The first kappa shape index (κ1) is 15.8. The summed E-state index contributed by atoms with van der Waals surface area (Å²) in [6, 6.07) is 24.1. The second-order valence-electron chi connectivity index (χ2n) is 5.66. The maximum absolute atomic E-state index is 6.05. The van der Waals surface area contributed by atoms with Gasteiger partial charge in [-0.1, -0.05) is 42.5 Å². The summed E-state index contributed by atoms with van der Waals surface area (Å²) in [7, 11) is 0. The molecule has 0 saturated heterocycles. The number of pyridine rings is 2. The molecule has 0 fully saturated rings. The summed E-state index contributed by atoms with van der Waals surface area (Å²) in [6.07, 6.45) is 1.78. The van der Waals surface area contributed by atoms with E-state index in [2.05, 4.69) is 44.1 Å². The van der Waals surface area contributed by atoms with Gasteiger partial charge in [0.25, 0.3) is 0 Å². The third-order valence-electron chi connectivity index (χ3n) is 3.95. The van der Waals surface area contributed by atoms with E-state index in [0.29, 0.717) is 6.61 Å². The number of aromatic nitrogens is 2. The Balaban J connectivity index is 1.71. The minimum Gasteiger partial charge on any atom is -0.488 e. The van der Waals surface area contributed by atoms with Gasteiger partial charge in [-0.15, -0.1) is 0 Å². The molecule has 0 saturated carbocycles. The molecule has 0 aliphatic carbocycles. The largest absolute Gasteiger partial charge is 0.488 e. The van der Waals surface area contributed by atoms with Gasteiger partial charge in [-0.3, -0.25) is 4.98 Å². The SMILES string of the molecule is Brc1cccc(-c2ccc3nccc(OCc4ccccc4)c3c2)n1. The highest BCUT2D eigenvalue weighted by Gasteiger charge is 2.07. The van der Waals surface area contributed by atoms with E-state index in [4.69, 9.17) is 4.74 Å². The second kappa shape index (κ2) is 7.03. The highest BCUT2D eigenvalue weighted by atomic mass is 79.9. The molecule has 25 heavy (non-hydrogen) atoms. The Hall–Kier alpha value is -2.72. The predicted octanol–water partition coefficient (Wildman–Crippen LogP) is 5.64. The number of halogens is 1. The van der Waals surface area contributed by atoms with E-state index in [-0.39, 0.29) is 0 Å². The van der Waals surface area contributed by atoms with Crippen LogP contribution < -0.4 is 4.74 Å². The summed E-state index contributed by atoms with van der Waals surface area (Å²) < 4.78 is 6.87. The van der Waals surface area contributed by atoms with E-state index >= 15 is 0 Å². The molecule has 2 aromatic carbocycles. The van der Waals surface area contributed by atoms with Crippen molar-refractivity contribution in [2.45, 2.75) is 6.61 Å². The Labute approximate surface area is 154 Å². The Morgan fingerprint density at radius 1 is 0.880 bits per heavy atom.